The van der Waals surface area contributed by atoms with Crippen molar-refractivity contribution in [1.82, 2.24) is 9.78 Å². The van der Waals surface area contributed by atoms with Gasteiger partial charge < -0.3 is 5.32 Å². The molecule has 106 valence electrons. The van der Waals surface area contributed by atoms with Gasteiger partial charge in [0, 0.05) is 16.0 Å². The number of carbonyl (C=O) groups is 1. The summed E-state index contributed by atoms with van der Waals surface area (Å²) in [5.74, 6) is -0.179. The number of anilines is 1. The van der Waals surface area contributed by atoms with Gasteiger partial charge in [-0.1, -0.05) is 18.5 Å². The molecule has 4 nitrogen and oxygen atoms in total. The van der Waals surface area contributed by atoms with Gasteiger partial charge in [-0.15, -0.1) is 0 Å². The molecule has 0 aliphatic heterocycles. The minimum atomic E-state index is -0.179. The Morgan fingerprint density at radius 3 is 2.75 bits per heavy atom. The normalized spacial score (nSPS) is 10.6. The third-order valence-electron chi connectivity index (χ3n) is 2.90. The monoisotopic (exact) mass is 355 g/mol. The van der Waals surface area contributed by atoms with E-state index in [2.05, 4.69) is 26.3 Å². The van der Waals surface area contributed by atoms with Crippen molar-refractivity contribution in [2.24, 2.45) is 0 Å². The maximum atomic E-state index is 12.3. The second-order valence-corrected chi connectivity index (χ2v) is 5.56. The van der Waals surface area contributed by atoms with E-state index in [1.807, 2.05) is 19.9 Å². The third-order valence-corrected chi connectivity index (χ3v) is 3.80. The van der Waals surface area contributed by atoms with Crippen LogP contribution in [-0.4, -0.2) is 15.7 Å². The number of carbonyl (C=O) groups excluding carboxylic acids is 1. The van der Waals surface area contributed by atoms with Gasteiger partial charge in [0.15, 0.2) is 0 Å². The molecule has 2 rings (SSSR count). The Morgan fingerprint density at radius 1 is 1.40 bits per heavy atom. The molecule has 2 aromatic rings. The van der Waals surface area contributed by atoms with Gasteiger partial charge in [0.25, 0.3) is 5.91 Å². The van der Waals surface area contributed by atoms with Crippen molar-refractivity contribution in [3.63, 3.8) is 0 Å². The van der Waals surface area contributed by atoms with E-state index in [9.17, 15) is 4.79 Å². The topological polar surface area (TPSA) is 46.9 Å². The van der Waals surface area contributed by atoms with E-state index >= 15 is 0 Å². The first kappa shape index (κ1) is 15.1. The molecule has 0 aliphatic rings. The largest absolute Gasteiger partial charge is 0.320 e. The van der Waals surface area contributed by atoms with Crippen molar-refractivity contribution in [2.45, 2.75) is 26.8 Å². The van der Waals surface area contributed by atoms with Crippen LogP contribution in [0, 0.1) is 0 Å². The number of hydrogen-bond acceptors (Lipinski definition) is 2. The molecule has 1 amide bonds. The summed E-state index contributed by atoms with van der Waals surface area (Å²) < 4.78 is 2.45. The molecule has 0 saturated carbocycles. The smallest absolute Gasteiger partial charge is 0.273 e. The number of nitrogens with zero attached hydrogens (tertiary/aromatic N) is 2. The van der Waals surface area contributed by atoms with Crippen LogP contribution in [0.2, 0.25) is 5.02 Å². The average Bonchev–Trinajstić information content (AvgIpc) is 2.85. The number of aromatic nitrogens is 2. The van der Waals surface area contributed by atoms with E-state index in [-0.39, 0.29) is 5.91 Å². The lowest BCUT2D eigenvalue weighted by Crippen LogP contribution is -2.17. The minimum absolute atomic E-state index is 0.179. The Bertz CT molecular complexity index is 639. The summed E-state index contributed by atoms with van der Waals surface area (Å²) in [5, 5.41) is 7.84. The molecule has 1 aromatic carbocycles. The van der Waals surface area contributed by atoms with Crippen molar-refractivity contribution in [3.8, 4) is 0 Å². The molecular weight excluding hydrogens is 342 g/mol. The van der Waals surface area contributed by atoms with Crippen LogP contribution >= 0.6 is 27.5 Å². The molecule has 0 aliphatic carbocycles. The number of amides is 1. The van der Waals surface area contributed by atoms with Crippen LogP contribution in [0.4, 0.5) is 5.69 Å². The van der Waals surface area contributed by atoms with Crippen LogP contribution in [0.15, 0.2) is 28.7 Å². The van der Waals surface area contributed by atoms with E-state index in [1.54, 1.807) is 22.9 Å². The van der Waals surface area contributed by atoms with Crippen LogP contribution < -0.4 is 5.32 Å². The second kappa shape index (κ2) is 6.41. The molecule has 0 spiro atoms. The highest BCUT2D eigenvalue weighted by molar-refractivity contribution is 9.10. The quantitative estimate of drug-likeness (QED) is 0.895. The number of hydrogen-bond donors (Lipinski definition) is 1. The Labute approximate surface area is 131 Å². The van der Waals surface area contributed by atoms with Crippen molar-refractivity contribution in [1.29, 1.82) is 0 Å². The van der Waals surface area contributed by atoms with Crippen LogP contribution in [0.5, 0.6) is 0 Å². The lowest BCUT2D eigenvalue weighted by molar-refractivity contribution is 0.101. The summed E-state index contributed by atoms with van der Waals surface area (Å²) in [6.07, 6.45) is 0.803. The maximum Gasteiger partial charge on any atom is 0.273 e. The molecule has 0 radical (unpaired) electrons. The number of nitrogens with one attached hydrogen (secondary N) is 1. The van der Waals surface area contributed by atoms with Crippen LogP contribution in [-0.2, 0) is 13.0 Å². The molecule has 0 fully saturated rings. The van der Waals surface area contributed by atoms with E-state index in [0.717, 1.165) is 16.6 Å². The molecule has 1 heterocycles. The molecule has 0 bridgehead atoms. The highest BCUT2D eigenvalue weighted by atomic mass is 79.9. The fourth-order valence-corrected chi connectivity index (χ4v) is 2.63. The molecular formula is C14H15BrClN3O. The van der Waals surface area contributed by atoms with Crippen molar-refractivity contribution in [3.05, 3.63) is 45.1 Å². The SMILES string of the molecule is CCc1cc(C(=O)Nc2ccc(Cl)cc2Br)n(CC)n1. The Morgan fingerprint density at radius 2 is 2.15 bits per heavy atom. The molecule has 0 unspecified atom stereocenters. The zero-order valence-electron chi connectivity index (χ0n) is 11.3. The zero-order chi connectivity index (χ0) is 14.7. The number of benzene rings is 1. The molecule has 1 aromatic heterocycles. The summed E-state index contributed by atoms with van der Waals surface area (Å²) in [4.78, 5) is 12.3. The molecule has 0 atom stereocenters. The van der Waals surface area contributed by atoms with Crippen LogP contribution in [0.3, 0.4) is 0 Å². The fraction of sp³-hybridized carbons (Fsp3) is 0.286. The molecule has 20 heavy (non-hydrogen) atoms. The van der Waals surface area contributed by atoms with Crippen molar-refractivity contribution < 1.29 is 4.79 Å². The number of halogens is 2. The van der Waals surface area contributed by atoms with E-state index in [1.165, 1.54) is 0 Å². The minimum Gasteiger partial charge on any atom is -0.320 e. The fourth-order valence-electron chi connectivity index (χ4n) is 1.84. The number of aryl methyl sites for hydroxylation is 2. The van der Waals surface area contributed by atoms with Gasteiger partial charge in [0.05, 0.1) is 11.4 Å². The molecule has 1 N–H and O–H groups in total. The van der Waals surface area contributed by atoms with Gasteiger partial charge in [-0.2, -0.15) is 5.10 Å². The molecule has 0 saturated heterocycles. The van der Waals surface area contributed by atoms with E-state index < -0.39 is 0 Å². The third kappa shape index (κ3) is 3.22. The van der Waals surface area contributed by atoms with Crippen molar-refractivity contribution in [2.75, 3.05) is 5.32 Å². The van der Waals surface area contributed by atoms with Gasteiger partial charge in [0.2, 0.25) is 0 Å². The predicted octanol–water partition coefficient (Wildman–Crippen LogP) is 4.13. The summed E-state index contributed by atoms with van der Waals surface area (Å²) >= 11 is 9.26. The van der Waals surface area contributed by atoms with Gasteiger partial charge in [-0.3, -0.25) is 9.48 Å². The summed E-state index contributed by atoms with van der Waals surface area (Å²) in [6, 6.07) is 7.06. The highest BCUT2D eigenvalue weighted by Crippen LogP contribution is 2.26. The lowest BCUT2D eigenvalue weighted by Gasteiger charge is -2.08. The Hall–Kier alpha value is -1.33. The average molecular weight is 357 g/mol. The zero-order valence-corrected chi connectivity index (χ0v) is 13.6. The van der Waals surface area contributed by atoms with Crippen molar-refractivity contribution >= 4 is 39.1 Å². The molecule has 6 heteroatoms. The Balaban J connectivity index is 2.25. The van der Waals surface area contributed by atoms with Gasteiger partial charge >= 0.3 is 0 Å². The second-order valence-electron chi connectivity index (χ2n) is 4.27. The van der Waals surface area contributed by atoms with Crippen LogP contribution in [0.25, 0.3) is 0 Å². The maximum absolute atomic E-state index is 12.3. The van der Waals surface area contributed by atoms with Gasteiger partial charge in [0.1, 0.15) is 5.69 Å². The van der Waals surface area contributed by atoms with E-state index in [4.69, 9.17) is 11.6 Å². The Kier molecular flexibility index (Phi) is 4.83. The summed E-state index contributed by atoms with van der Waals surface area (Å²) in [5.41, 5.74) is 2.15. The lowest BCUT2D eigenvalue weighted by atomic mass is 10.2. The van der Waals surface area contributed by atoms with E-state index in [0.29, 0.717) is 22.9 Å². The van der Waals surface area contributed by atoms with Gasteiger partial charge in [-0.05, 0) is 53.5 Å². The standard InChI is InChI=1S/C14H15BrClN3O/c1-3-10-8-13(19(4-2)18-10)14(20)17-12-6-5-9(16)7-11(12)15/h5-8H,3-4H2,1-2H3,(H,17,20). The first-order chi connectivity index (χ1) is 9.55. The predicted molar refractivity (Wildman–Crippen MR) is 84.4 cm³/mol. The highest BCUT2D eigenvalue weighted by Gasteiger charge is 2.15. The first-order valence-corrected chi connectivity index (χ1v) is 7.55. The summed E-state index contributed by atoms with van der Waals surface area (Å²) in [6.45, 7) is 4.63. The van der Waals surface area contributed by atoms with Gasteiger partial charge in [-0.25, -0.2) is 0 Å². The van der Waals surface area contributed by atoms with Crippen LogP contribution in [0.1, 0.15) is 30.0 Å². The number of rotatable bonds is 4. The first-order valence-electron chi connectivity index (χ1n) is 6.38. The summed E-state index contributed by atoms with van der Waals surface area (Å²) in [7, 11) is 0.